The van der Waals surface area contributed by atoms with Gasteiger partial charge in [0.25, 0.3) is 5.91 Å². The second-order valence-corrected chi connectivity index (χ2v) is 13.1. The van der Waals surface area contributed by atoms with Crippen LogP contribution in [-0.2, 0) is 14.3 Å². The van der Waals surface area contributed by atoms with E-state index in [4.69, 9.17) is 9.72 Å². The van der Waals surface area contributed by atoms with Gasteiger partial charge >= 0.3 is 0 Å². The van der Waals surface area contributed by atoms with Crippen LogP contribution >= 0.6 is 11.3 Å². The van der Waals surface area contributed by atoms with E-state index in [-0.39, 0.29) is 36.2 Å². The summed E-state index contributed by atoms with van der Waals surface area (Å²) in [7, 11) is 2.14. The highest BCUT2D eigenvalue weighted by Gasteiger charge is 2.59. The van der Waals surface area contributed by atoms with Crippen LogP contribution in [-0.4, -0.2) is 96.9 Å². The van der Waals surface area contributed by atoms with Gasteiger partial charge in [-0.15, -0.1) is 11.3 Å². The first-order valence-electron chi connectivity index (χ1n) is 15.2. The first-order valence-corrected chi connectivity index (χ1v) is 16.0. The third-order valence-electron chi connectivity index (χ3n) is 9.88. The van der Waals surface area contributed by atoms with Crippen molar-refractivity contribution in [3.63, 3.8) is 0 Å². The molecule has 4 aliphatic rings. The average molecular weight is 592 g/mol. The average Bonchev–Trinajstić information content (AvgIpc) is 3.83. The molecule has 4 atom stereocenters. The molecule has 4 heterocycles. The van der Waals surface area contributed by atoms with Crippen molar-refractivity contribution in [2.45, 2.75) is 57.3 Å². The van der Waals surface area contributed by atoms with Crippen LogP contribution in [0.2, 0.25) is 0 Å². The predicted molar refractivity (Wildman–Crippen MR) is 164 cm³/mol. The highest BCUT2D eigenvalue weighted by atomic mass is 32.1. The molecule has 1 N–H and O–H groups in total. The number of hydrogen-bond donors (Lipinski definition) is 1. The number of nitrogens with one attached hydrogen (secondary N) is 1. The smallest absolute Gasteiger partial charge is 0.253 e. The van der Waals surface area contributed by atoms with Gasteiger partial charge in [-0.05, 0) is 45.9 Å². The lowest BCUT2D eigenvalue weighted by Crippen LogP contribution is -2.68. The number of Topliss-reactive ketones (excluding diaryl/α,β-unsaturated/α-hetero) is 1. The van der Waals surface area contributed by atoms with Crippen molar-refractivity contribution in [2.24, 2.45) is 11.8 Å². The number of allylic oxidation sites excluding steroid dienone is 1. The fraction of sp³-hybridized carbons (Fsp3) is 0.562. The lowest BCUT2D eigenvalue weighted by atomic mass is 9.88. The monoisotopic (exact) mass is 591 g/mol. The number of aldehydes is 1. The summed E-state index contributed by atoms with van der Waals surface area (Å²) in [4.78, 5) is 51.6. The molecular weight excluding hydrogens is 550 g/mol. The maximum atomic E-state index is 13.8. The molecule has 3 saturated heterocycles. The second kappa shape index (κ2) is 12.0. The van der Waals surface area contributed by atoms with E-state index in [1.165, 1.54) is 0 Å². The molecule has 0 spiro atoms. The summed E-state index contributed by atoms with van der Waals surface area (Å²) in [5.74, 6) is -0.406. The van der Waals surface area contributed by atoms with E-state index < -0.39 is 11.7 Å². The van der Waals surface area contributed by atoms with Crippen molar-refractivity contribution in [3.8, 4) is 11.3 Å². The lowest BCUT2D eigenvalue weighted by Gasteiger charge is -2.44. The zero-order valence-electron chi connectivity index (χ0n) is 24.8. The third kappa shape index (κ3) is 5.23. The Morgan fingerprint density at radius 2 is 1.86 bits per heavy atom. The molecule has 224 valence electrons. The van der Waals surface area contributed by atoms with Crippen LogP contribution in [0.25, 0.3) is 11.3 Å². The number of nitrogens with zero attached hydrogens (tertiary/aromatic N) is 4. The number of hydrogen-bond acceptors (Lipinski definition) is 9. The minimum atomic E-state index is -1.27. The van der Waals surface area contributed by atoms with E-state index in [9.17, 15) is 14.4 Å². The zero-order valence-corrected chi connectivity index (χ0v) is 25.6. The molecule has 1 amide bonds. The number of carbonyl (C=O) groups is 3. The molecule has 10 heteroatoms. The largest absolute Gasteiger partial charge is 0.368 e. The Labute approximate surface area is 251 Å². The Hall–Kier alpha value is -2.92. The Morgan fingerprint density at radius 1 is 1.14 bits per heavy atom. The minimum absolute atomic E-state index is 0.00258. The van der Waals surface area contributed by atoms with Gasteiger partial charge in [-0.3, -0.25) is 19.3 Å². The maximum Gasteiger partial charge on any atom is 0.253 e. The molecule has 6 rings (SSSR count). The molecule has 1 saturated carbocycles. The van der Waals surface area contributed by atoms with Crippen molar-refractivity contribution < 1.29 is 19.1 Å². The van der Waals surface area contributed by atoms with Crippen LogP contribution in [0.5, 0.6) is 0 Å². The summed E-state index contributed by atoms with van der Waals surface area (Å²) in [5.41, 5.74) is 2.17. The number of aromatic nitrogens is 1. The molecular formula is C32H41N5O4S. The summed E-state index contributed by atoms with van der Waals surface area (Å²) in [6.45, 7) is 8.55. The Morgan fingerprint density at radius 3 is 2.52 bits per heavy atom. The fourth-order valence-electron chi connectivity index (χ4n) is 7.21. The lowest BCUT2D eigenvalue weighted by molar-refractivity contribution is -0.131. The van der Waals surface area contributed by atoms with E-state index in [2.05, 4.69) is 27.5 Å². The minimum Gasteiger partial charge on any atom is -0.368 e. The van der Waals surface area contributed by atoms with Gasteiger partial charge in [-0.25, -0.2) is 4.98 Å². The molecule has 1 aromatic carbocycles. The maximum absolute atomic E-state index is 13.8. The Balaban J connectivity index is 1.24. The van der Waals surface area contributed by atoms with Gasteiger partial charge in [0.15, 0.2) is 22.9 Å². The van der Waals surface area contributed by atoms with Crippen LogP contribution < -0.4 is 10.2 Å². The summed E-state index contributed by atoms with van der Waals surface area (Å²) in [6, 6.07) is 6.89. The van der Waals surface area contributed by atoms with Crippen LogP contribution in [0, 0.1) is 11.8 Å². The van der Waals surface area contributed by atoms with Crippen LogP contribution in [0.4, 0.5) is 5.13 Å². The number of amides is 1. The summed E-state index contributed by atoms with van der Waals surface area (Å²) in [6.07, 6.45) is 6.28. The van der Waals surface area contributed by atoms with Crippen molar-refractivity contribution in [3.05, 3.63) is 46.9 Å². The first-order chi connectivity index (χ1) is 20.3. The normalized spacial score (nSPS) is 27.3. The van der Waals surface area contributed by atoms with Crippen molar-refractivity contribution in [1.82, 2.24) is 20.1 Å². The van der Waals surface area contributed by atoms with E-state index in [1.807, 2.05) is 37.0 Å². The van der Waals surface area contributed by atoms with Gasteiger partial charge in [0.05, 0.1) is 11.8 Å². The highest BCUT2D eigenvalue weighted by Crippen LogP contribution is 2.44. The van der Waals surface area contributed by atoms with E-state index in [1.54, 1.807) is 23.5 Å². The van der Waals surface area contributed by atoms with Gasteiger partial charge in [0.2, 0.25) is 0 Å². The van der Waals surface area contributed by atoms with E-state index in [0.29, 0.717) is 12.1 Å². The molecule has 0 radical (unpaired) electrons. The number of likely N-dealkylation sites (N-methyl/N-ethyl adjacent to an activating group) is 1. The van der Waals surface area contributed by atoms with Gasteiger partial charge in [-0.2, -0.15) is 0 Å². The molecule has 4 fully saturated rings. The topological polar surface area (TPSA) is 95.1 Å². The summed E-state index contributed by atoms with van der Waals surface area (Å²) in [5, 5.41) is 6.25. The fourth-order valence-corrected chi connectivity index (χ4v) is 8.10. The molecule has 1 aliphatic carbocycles. The number of likely N-dealkylation sites (tertiary alicyclic amines) is 1. The summed E-state index contributed by atoms with van der Waals surface area (Å²) < 4.78 is 5.98. The van der Waals surface area contributed by atoms with Crippen molar-refractivity contribution in [1.29, 1.82) is 0 Å². The molecule has 0 bridgehead atoms. The molecule has 1 aromatic heterocycles. The standard InChI is InChI=1S/C32H41N5O4S/c1-4-21(2)25-17-37(28-27(39)18-41-29(25)28)32(20-38,24-7-5-6-8-24)34-30(40)23-11-9-22(10-12-23)26-19-42-31(33-26)36-15-13-35(3)14-16-36/h4,9-12,19-20,24-25,28-29H,5-8,13-18H2,1-3H3,(H,34,40). The quantitative estimate of drug-likeness (QED) is 0.368. The van der Waals surface area contributed by atoms with Gasteiger partial charge < -0.3 is 19.9 Å². The highest BCUT2D eigenvalue weighted by molar-refractivity contribution is 7.14. The number of fused-ring (bicyclic) bond motifs is 1. The third-order valence-corrected chi connectivity index (χ3v) is 10.8. The molecule has 3 aliphatic heterocycles. The first kappa shape index (κ1) is 29.2. The van der Waals surface area contributed by atoms with Crippen LogP contribution in [0.15, 0.2) is 41.3 Å². The molecule has 9 nitrogen and oxygen atoms in total. The Kier molecular flexibility index (Phi) is 8.33. The number of rotatable bonds is 8. The number of ketones is 1. The van der Waals surface area contributed by atoms with E-state index in [0.717, 1.165) is 80.1 Å². The van der Waals surface area contributed by atoms with Crippen molar-refractivity contribution in [2.75, 3.05) is 51.3 Å². The Bertz CT molecular complexity index is 1340. The van der Waals surface area contributed by atoms with Gasteiger partial charge in [-0.1, -0.05) is 36.6 Å². The second-order valence-electron chi connectivity index (χ2n) is 12.2. The number of ether oxygens (including phenoxy) is 1. The number of piperazine rings is 1. The number of carbonyl (C=O) groups excluding carboxylic acids is 3. The van der Waals surface area contributed by atoms with Gasteiger partial charge in [0.1, 0.15) is 12.6 Å². The molecule has 42 heavy (non-hydrogen) atoms. The molecule has 2 aromatic rings. The van der Waals surface area contributed by atoms with Crippen LogP contribution in [0.1, 0.15) is 49.9 Å². The van der Waals surface area contributed by atoms with Crippen molar-refractivity contribution >= 4 is 34.4 Å². The van der Waals surface area contributed by atoms with Crippen LogP contribution in [0.3, 0.4) is 0 Å². The SMILES string of the molecule is CC=C(C)C1CN(C(C=O)(NC(=O)c2ccc(-c3csc(N4CCN(C)CC4)n3)cc2)C2CCCC2)C2C(=O)COC12. The number of anilines is 1. The summed E-state index contributed by atoms with van der Waals surface area (Å²) >= 11 is 1.64. The molecule has 4 unspecified atom stereocenters. The number of benzene rings is 1. The number of thiazole rings is 1. The predicted octanol–water partition coefficient (Wildman–Crippen LogP) is 3.61. The van der Waals surface area contributed by atoms with E-state index >= 15 is 0 Å². The zero-order chi connectivity index (χ0) is 29.4. The van der Waals surface area contributed by atoms with Gasteiger partial charge in [0, 0.05) is 61.1 Å².